The van der Waals surface area contributed by atoms with E-state index >= 15 is 0 Å². The van der Waals surface area contributed by atoms with Crippen molar-refractivity contribution in [3.8, 4) is 0 Å². The van der Waals surface area contributed by atoms with E-state index in [4.69, 9.17) is 4.74 Å². The van der Waals surface area contributed by atoms with E-state index < -0.39 is 0 Å². The van der Waals surface area contributed by atoms with Gasteiger partial charge in [-0.25, -0.2) is 4.98 Å². The largest absolute Gasteiger partial charge is 0.469 e. The maximum atomic E-state index is 11.5. The lowest BCUT2D eigenvalue weighted by atomic mass is 9.86. The van der Waals surface area contributed by atoms with Crippen molar-refractivity contribution in [1.82, 2.24) is 10.3 Å². The quantitative estimate of drug-likeness (QED) is 0.863. The fourth-order valence-electron chi connectivity index (χ4n) is 2.66. The molecule has 1 aromatic heterocycles. The normalized spacial score (nSPS) is 25.0. The molecule has 1 aromatic rings. The first kappa shape index (κ1) is 14.5. The van der Waals surface area contributed by atoms with Crippen LogP contribution in [0.3, 0.4) is 0 Å². The van der Waals surface area contributed by atoms with Gasteiger partial charge in [0.2, 0.25) is 0 Å². The standard InChI is InChI=1S/C14H22N2O2S/c1-9-8-19-13(15-9)10(2)16-12-6-4-11(5-7-12)14(17)18-3/h8,10-12,16H,4-7H2,1-3H3. The number of aromatic nitrogens is 1. The van der Waals surface area contributed by atoms with E-state index in [1.54, 1.807) is 11.3 Å². The third-order valence-corrected chi connectivity index (χ3v) is 4.90. The fourth-order valence-corrected chi connectivity index (χ4v) is 3.47. The van der Waals surface area contributed by atoms with Gasteiger partial charge in [-0.15, -0.1) is 11.3 Å². The van der Waals surface area contributed by atoms with E-state index in [1.807, 2.05) is 6.92 Å². The van der Waals surface area contributed by atoms with Crippen molar-refractivity contribution in [3.05, 3.63) is 16.1 Å². The molecule has 1 unspecified atom stereocenters. The molecule has 19 heavy (non-hydrogen) atoms. The first-order valence-electron chi connectivity index (χ1n) is 6.86. The lowest BCUT2D eigenvalue weighted by molar-refractivity contribution is -0.146. The second-order valence-corrected chi connectivity index (χ2v) is 6.18. The van der Waals surface area contributed by atoms with Crippen LogP contribution in [0.5, 0.6) is 0 Å². The van der Waals surface area contributed by atoms with Crippen molar-refractivity contribution >= 4 is 17.3 Å². The summed E-state index contributed by atoms with van der Waals surface area (Å²) < 4.78 is 4.81. The number of esters is 1. The number of carbonyl (C=O) groups excluding carboxylic acids is 1. The van der Waals surface area contributed by atoms with Gasteiger partial charge in [-0.2, -0.15) is 0 Å². The number of hydrogen-bond donors (Lipinski definition) is 1. The summed E-state index contributed by atoms with van der Waals surface area (Å²) in [6, 6.07) is 0.776. The first-order valence-corrected chi connectivity index (χ1v) is 7.74. The Kier molecular flexibility index (Phi) is 4.93. The molecule has 1 atom stereocenters. The van der Waals surface area contributed by atoms with Crippen molar-refractivity contribution in [2.45, 2.75) is 51.6 Å². The molecule has 0 aromatic carbocycles. The molecule has 0 bridgehead atoms. The highest BCUT2D eigenvalue weighted by atomic mass is 32.1. The van der Waals surface area contributed by atoms with E-state index in [9.17, 15) is 4.79 Å². The second-order valence-electron chi connectivity index (χ2n) is 5.29. The van der Waals surface area contributed by atoms with Crippen LogP contribution in [-0.4, -0.2) is 24.1 Å². The zero-order valence-electron chi connectivity index (χ0n) is 11.8. The zero-order valence-corrected chi connectivity index (χ0v) is 12.6. The number of methoxy groups -OCH3 is 1. The van der Waals surface area contributed by atoms with Crippen LogP contribution in [0.25, 0.3) is 0 Å². The summed E-state index contributed by atoms with van der Waals surface area (Å²) in [5, 5.41) is 6.85. The average molecular weight is 282 g/mol. The van der Waals surface area contributed by atoms with Gasteiger partial charge in [-0.05, 0) is 39.5 Å². The molecule has 0 aliphatic heterocycles. The predicted octanol–water partition coefficient (Wildman–Crippen LogP) is 2.83. The molecule has 106 valence electrons. The molecule has 1 aliphatic carbocycles. The Bertz CT molecular complexity index is 425. The summed E-state index contributed by atoms with van der Waals surface area (Å²) in [4.78, 5) is 16.0. The number of thiazole rings is 1. The molecule has 0 radical (unpaired) electrons. The summed E-state index contributed by atoms with van der Waals surface area (Å²) >= 11 is 1.71. The summed E-state index contributed by atoms with van der Waals surface area (Å²) in [5.41, 5.74) is 1.09. The van der Waals surface area contributed by atoms with Gasteiger partial charge >= 0.3 is 5.97 Å². The van der Waals surface area contributed by atoms with Crippen LogP contribution in [0, 0.1) is 12.8 Å². The number of aryl methyl sites for hydroxylation is 1. The molecule has 1 aliphatic rings. The Labute approximate surface area is 118 Å². The maximum Gasteiger partial charge on any atom is 0.308 e. The van der Waals surface area contributed by atoms with Gasteiger partial charge in [0.15, 0.2) is 0 Å². The highest BCUT2D eigenvalue weighted by Crippen LogP contribution is 2.27. The number of carbonyl (C=O) groups is 1. The Hall–Kier alpha value is -0.940. The minimum atomic E-state index is -0.0537. The first-order chi connectivity index (χ1) is 9.10. The van der Waals surface area contributed by atoms with Crippen molar-refractivity contribution in [2.24, 2.45) is 5.92 Å². The second kappa shape index (κ2) is 6.48. The van der Waals surface area contributed by atoms with Gasteiger partial charge in [0, 0.05) is 17.1 Å². The van der Waals surface area contributed by atoms with Gasteiger partial charge < -0.3 is 10.1 Å². The van der Waals surface area contributed by atoms with Crippen LogP contribution < -0.4 is 5.32 Å². The topological polar surface area (TPSA) is 51.2 Å². The minimum absolute atomic E-state index is 0.0537. The minimum Gasteiger partial charge on any atom is -0.469 e. The third kappa shape index (κ3) is 3.76. The molecular formula is C14H22N2O2S. The highest BCUT2D eigenvalue weighted by Gasteiger charge is 2.27. The third-order valence-electron chi connectivity index (χ3n) is 3.75. The highest BCUT2D eigenvalue weighted by molar-refractivity contribution is 7.09. The number of hydrogen-bond acceptors (Lipinski definition) is 5. The average Bonchev–Trinajstić information content (AvgIpc) is 2.85. The number of rotatable bonds is 4. The summed E-state index contributed by atoms with van der Waals surface area (Å²) in [5.74, 6) is 0.0440. The molecule has 0 spiro atoms. The van der Waals surface area contributed by atoms with Crippen LogP contribution >= 0.6 is 11.3 Å². The zero-order chi connectivity index (χ0) is 13.8. The van der Waals surface area contributed by atoms with Gasteiger partial charge in [-0.3, -0.25) is 4.79 Å². The molecule has 0 amide bonds. The molecule has 1 N–H and O–H groups in total. The van der Waals surface area contributed by atoms with Gasteiger partial charge in [0.1, 0.15) is 5.01 Å². The Morgan fingerprint density at radius 2 is 2.16 bits per heavy atom. The van der Waals surface area contributed by atoms with Gasteiger partial charge in [0.25, 0.3) is 0 Å². The van der Waals surface area contributed by atoms with E-state index in [2.05, 4.69) is 22.6 Å². The lowest BCUT2D eigenvalue weighted by Crippen LogP contribution is -2.36. The molecule has 1 heterocycles. The predicted molar refractivity (Wildman–Crippen MR) is 76.2 cm³/mol. The molecule has 2 rings (SSSR count). The Morgan fingerprint density at radius 3 is 2.68 bits per heavy atom. The van der Waals surface area contributed by atoms with E-state index in [1.165, 1.54) is 7.11 Å². The van der Waals surface area contributed by atoms with Crippen LogP contribution in [0.15, 0.2) is 5.38 Å². The van der Waals surface area contributed by atoms with Crippen molar-refractivity contribution in [3.63, 3.8) is 0 Å². The van der Waals surface area contributed by atoms with Gasteiger partial charge in [-0.1, -0.05) is 0 Å². The maximum absolute atomic E-state index is 11.5. The monoisotopic (exact) mass is 282 g/mol. The van der Waals surface area contributed by atoms with Crippen LogP contribution in [0.4, 0.5) is 0 Å². The number of nitrogens with one attached hydrogen (secondary N) is 1. The SMILES string of the molecule is COC(=O)C1CCC(NC(C)c2nc(C)cs2)CC1. The molecular weight excluding hydrogens is 260 g/mol. The molecule has 1 saturated carbocycles. The summed E-state index contributed by atoms with van der Waals surface area (Å²) in [6.45, 7) is 4.18. The molecule has 4 nitrogen and oxygen atoms in total. The van der Waals surface area contributed by atoms with Crippen molar-refractivity contribution in [2.75, 3.05) is 7.11 Å². The van der Waals surface area contributed by atoms with Crippen molar-refractivity contribution in [1.29, 1.82) is 0 Å². The molecule has 1 fully saturated rings. The Balaban J connectivity index is 1.81. The van der Waals surface area contributed by atoms with Crippen LogP contribution in [0.2, 0.25) is 0 Å². The van der Waals surface area contributed by atoms with Crippen LogP contribution in [0.1, 0.15) is 49.4 Å². The van der Waals surface area contributed by atoms with Crippen molar-refractivity contribution < 1.29 is 9.53 Å². The fraction of sp³-hybridized carbons (Fsp3) is 0.714. The van der Waals surface area contributed by atoms with E-state index in [0.717, 1.165) is 36.4 Å². The smallest absolute Gasteiger partial charge is 0.308 e. The van der Waals surface area contributed by atoms with E-state index in [0.29, 0.717) is 12.1 Å². The number of nitrogens with zero attached hydrogens (tertiary/aromatic N) is 1. The molecule has 0 saturated heterocycles. The van der Waals surface area contributed by atoms with E-state index in [-0.39, 0.29) is 11.9 Å². The number of ether oxygens (including phenoxy) is 1. The molecule has 5 heteroatoms. The van der Waals surface area contributed by atoms with Gasteiger partial charge in [0.05, 0.1) is 19.1 Å². The summed E-state index contributed by atoms with van der Waals surface area (Å²) in [7, 11) is 1.47. The lowest BCUT2D eigenvalue weighted by Gasteiger charge is -2.29. The Morgan fingerprint density at radius 1 is 1.47 bits per heavy atom. The summed E-state index contributed by atoms with van der Waals surface area (Å²) in [6.07, 6.45) is 3.92. The van der Waals surface area contributed by atoms with Crippen LogP contribution in [-0.2, 0) is 9.53 Å².